The molecule has 0 aliphatic rings. The standard InChI is InChI=1S/C33H34ClN3O6S/c1-35-33(39)29(20-24-10-6-4-7-11-24)36(22-25-12-8-5-9-13-25)32(38)23-37(27-16-14-26(34)15-17-27)44(40,41)28-18-19-30(42-2)31(21-28)43-3/h4-19,21,29H,20,22-23H2,1-3H3,(H,35,39)/t29-/m0/s1. The molecule has 4 rings (SSSR count). The summed E-state index contributed by atoms with van der Waals surface area (Å²) in [5, 5.41) is 3.07. The van der Waals surface area contributed by atoms with Gasteiger partial charge in [-0.1, -0.05) is 72.3 Å². The van der Waals surface area contributed by atoms with Crippen LogP contribution >= 0.6 is 11.6 Å². The number of methoxy groups -OCH3 is 2. The molecule has 0 aliphatic heterocycles. The van der Waals surface area contributed by atoms with Gasteiger partial charge >= 0.3 is 0 Å². The van der Waals surface area contributed by atoms with Gasteiger partial charge in [0.15, 0.2) is 11.5 Å². The maximum absolute atomic E-state index is 14.3. The number of benzene rings is 4. The van der Waals surface area contributed by atoms with Crippen molar-refractivity contribution in [3.8, 4) is 11.5 Å². The van der Waals surface area contributed by atoms with Crippen molar-refractivity contribution < 1.29 is 27.5 Å². The highest BCUT2D eigenvalue weighted by atomic mass is 35.5. The molecule has 4 aromatic carbocycles. The SMILES string of the molecule is CNC(=O)[C@H](Cc1ccccc1)N(Cc1ccccc1)C(=O)CN(c1ccc(Cl)cc1)S(=O)(=O)c1ccc(OC)c(OC)c1. The molecule has 0 heterocycles. The molecule has 0 radical (unpaired) electrons. The average molecular weight is 636 g/mol. The summed E-state index contributed by atoms with van der Waals surface area (Å²) in [6.45, 7) is -0.511. The Morgan fingerprint density at radius 2 is 1.41 bits per heavy atom. The van der Waals surface area contributed by atoms with Crippen LogP contribution in [0.4, 0.5) is 5.69 Å². The fraction of sp³-hybridized carbons (Fsp3) is 0.212. The zero-order valence-corrected chi connectivity index (χ0v) is 26.2. The normalized spacial score (nSPS) is 11.7. The second-order valence-electron chi connectivity index (χ2n) is 9.83. The third-order valence-corrected chi connectivity index (χ3v) is 9.07. The molecule has 0 aromatic heterocycles. The summed E-state index contributed by atoms with van der Waals surface area (Å²) in [5.41, 5.74) is 1.85. The molecule has 2 amide bonds. The van der Waals surface area contributed by atoms with Crippen molar-refractivity contribution in [2.24, 2.45) is 0 Å². The summed E-state index contributed by atoms with van der Waals surface area (Å²) in [5.74, 6) is -0.385. The molecule has 44 heavy (non-hydrogen) atoms. The van der Waals surface area contributed by atoms with Crippen LogP contribution < -0.4 is 19.1 Å². The van der Waals surface area contributed by atoms with Crippen LogP contribution in [0.2, 0.25) is 5.02 Å². The number of nitrogens with one attached hydrogen (secondary N) is 1. The van der Waals surface area contributed by atoms with Crippen LogP contribution in [0.15, 0.2) is 108 Å². The molecule has 9 nitrogen and oxygen atoms in total. The van der Waals surface area contributed by atoms with Crippen LogP contribution in [0.3, 0.4) is 0 Å². The third kappa shape index (κ3) is 7.69. The monoisotopic (exact) mass is 635 g/mol. The largest absolute Gasteiger partial charge is 0.493 e. The van der Waals surface area contributed by atoms with Crippen molar-refractivity contribution in [1.29, 1.82) is 0 Å². The first-order valence-corrected chi connectivity index (χ1v) is 15.6. The second kappa shape index (κ2) is 14.8. The number of likely N-dealkylation sites (N-methyl/N-ethyl adjacent to an activating group) is 1. The van der Waals surface area contributed by atoms with E-state index in [-0.39, 0.29) is 35.2 Å². The van der Waals surface area contributed by atoms with Crippen LogP contribution in [0.5, 0.6) is 11.5 Å². The molecule has 230 valence electrons. The van der Waals surface area contributed by atoms with Crippen molar-refractivity contribution in [1.82, 2.24) is 10.2 Å². The number of hydrogen-bond donors (Lipinski definition) is 1. The summed E-state index contributed by atoms with van der Waals surface area (Å²) in [7, 11) is 0.0306. The van der Waals surface area contributed by atoms with Crippen molar-refractivity contribution in [2.45, 2.75) is 23.9 Å². The van der Waals surface area contributed by atoms with E-state index in [1.807, 2.05) is 60.7 Å². The predicted molar refractivity (Wildman–Crippen MR) is 171 cm³/mol. The fourth-order valence-electron chi connectivity index (χ4n) is 4.74. The van der Waals surface area contributed by atoms with Gasteiger partial charge in [0, 0.05) is 31.1 Å². The van der Waals surface area contributed by atoms with E-state index < -0.39 is 28.5 Å². The summed E-state index contributed by atoms with van der Waals surface area (Å²) in [6, 6.07) is 28.0. The molecule has 0 spiro atoms. The van der Waals surface area contributed by atoms with Gasteiger partial charge in [-0.3, -0.25) is 13.9 Å². The molecule has 1 atom stereocenters. The first-order chi connectivity index (χ1) is 21.2. The van der Waals surface area contributed by atoms with Gasteiger partial charge < -0.3 is 19.7 Å². The Hall–Kier alpha value is -4.54. The second-order valence-corrected chi connectivity index (χ2v) is 12.1. The number of carbonyl (C=O) groups is 2. The zero-order valence-electron chi connectivity index (χ0n) is 24.6. The molecular formula is C33H34ClN3O6S. The van der Waals surface area contributed by atoms with Crippen LogP contribution in [0.25, 0.3) is 0 Å². The van der Waals surface area contributed by atoms with E-state index in [4.69, 9.17) is 21.1 Å². The summed E-state index contributed by atoms with van der Waals surface area (Å²) in [6.07, 6.45) is 0.225. The number of halogens is 1. The minimum absolute atomic E-state index is 0.0788. The Morgan fingerprint density at radius 3 is 1.98 bits per heavy atom. The maximum atomic E-state index is 14.3. The highest BCUT2D eigenvalue weighted by Crippen LogP contribution is 2.33. The fourth-order valence-corrected chi connectivity index (χ4v) is 6.30. The van der Waals surface area contributed by atoms with Gasteiger partial charge in [0.05, 0.1) is 24.8 Å². The molecule has 1 N–H and O–H groups in total. The molecule has 0 bridgehead atoms. The van der Waals surface area contributed by atoms with E-state index in [0.717, 1.165) is 15.4 Å². The Bertz CT molecular complexity index is 1670. The van der Waals surface area contributed by atoms with E-state index in [1.54, 1.807) is 12.1 Å². The Kier molecular flexibility index (Phi) is 10.9. The maximum Gasteiger partial charge on any atom is 0.264 e. The molecule has 0 saturated heterocycles. The van der Waals surface area contributed by atoms with Gasteiger partial charge in [-0.15, -0.1) is 0 Å². The molecular weight excluding hydrogens is 602 g/mol. The lowest BCUT2D eigenvalue weighted by molar-refractivity contribution is -0.139. The van der Waals surface area contributed by atoms with Crippen molar-refractivity contribution in [2.75, 3.05) is 32.1 Å². The number of anilines is 1. The highest BCUT2D eigenvalue weighted by Gasteiger charge is 2.34. The van der Waals surface area contributed by atoms with Crippen LogP contribution in [-0.4, -0.2) is 59.0 Å². The molecule has 11 heteroatoms. The Labute approximate surface area is 263 Å². The molecule has 0 unspecified atom stereocenters. The van der Waals surface area contributed by atoms with Crippen molar-refractivity contribution in [3.05, 3.63) is 119 Å². The Balaban J connectivity index is 1.79. The number of hydrogen-bond acceptors (Lipinski definition) is 6. The van der Waals surface area contributed by atoms with Gasteiger partial charge in [-0.2, -0.15) is 0 Å². The van der Waals surface area contributed by atoms with E-state index in [1.165, 1.54) is 56.5 Å². The molecule has 4 aromatic rings. The lowest BCUT2D eigenvalue weighted by Crippen LogP contribution is -2.53. The quantitative estimate of drug-likeness (QED) is 0.223. The van der Waals surface area contributed by atoms with E-state index in [2.05, 4.69) is 5.32 Å². The lowest BCUT2D eigenvalue weighted by atomic mass is 10.0. The van der Waals surface area contributed by atoms with Gasteiger partial charge in [-0.05, 0) is 47.5 Å². The first kappa shape index (κ1) is 32.4. The van der Waals surface area contributed by atoms with Gasteiger partial charge in [-0.25, -0.2) is 8.42 Å². The average Bonchev–Trinajstić information content (AvgIpc) is 3.05. The molecule has 0 aliphatic carbocycles. The summed E-state index contributed by atoms with van der Waals surface area (Å²) >= 11 is 6.12. The van der Waals surface area contributed by atoms with Gasteiger partial charge in [0.1, 0.15) is 12.6 Å². The van der Waals surface area contributed by atoms with Crippen LogP contribution in [0, 0.1) is 0 Å². The summed E-state index contributed by atoms with van der Waals surface area (Å²) in [4.78, 5) is 29.0. The minimum atomic E-state index is -4.33. The first-order valence-electron chi connectivity index (χ1n) is 13.8. The van der Waals surface area contributed by atoms with Crippen molar-refractivity contribution in [3.63, 3.8) is 0 Å². The predicted octanol–water partition coefficient (Wildman–Crippen LogP) is 4.94. The van der Waals surface area contributed by atoms with Gasteiger partial charge in [0.25, 0.3) is 10.0 Å². The molecule has 0 fully saturated rings. The van der Waals surface area contributed by atoms with Gasteiger partial charge in [0.2, 0.25) is 11.8 Å². The zero-order chi connectivity index (χ0) is 31.7. The number of ether oxygens (including phenoxy) is 2. The number of amides is 2. The third-order valence-electron chi connectivity index (χ3n) is 7.05. The topological polar surface area (TPSA) is 105 Å². The minimum Gasteiger partial charge on any atom is -0.493 e. The van der Waals surface area contributed by atoms with E-state index in [9.17, 15) is 18.0 Å². The number of sulfonamides is 1. The van der Waals surface area contributed by atoms with E-state index >= 15 is 0 Å². The number of carbonyl (C=O) groups excluding carboxylic acids is 2. The van der Waals surface area contributed by atoms with Crippen molar-refractivity contribution >= 4 is 39.1 Å². The Morgan fingerprint density at radius 1 is 0.818 bits per heavy atom. The van der Waals surface area contributed by atoms with E-state index in [0.29, 0.717) is 10.8 Å². The number of rotatable bonds is 13. The number of nitrogens with zero attached hydrogens (tertiary/aromatic N) is 2. The highest BCUT2D eigenvalue weighted by molar-refractivity contribution is 7.92. The lowest BCUT2D eigenvalue weighted by Gasteiger charge is -2.33. The smallest absolute Gasteiger partial charge is 0.264 e. The summed E-state index contributed by atoms with van der Waals surface area (Å²) < 4.78 is 40.0. The van der Waals surface area contributed by atoms with Crippen LogP contribution in [-0.2, 0) is 32.6 Å². The van der Waals surface area contributed by atoms with Crippen LogP contribution in [0.1, 0.15) is 11.1 Å². The molecule has 0 saturated carbocycles.